The SMILES string of the molecule is N#C/C(=C/Nc1ccc(C#N)cc1)C(=O)Nc1cccc(Cl)c1Cl. The average Bonchev–Trinajstić information content (AvgIpc) is 2.60. The predicted octanol–water partition coefficient (Wildman–Crippen LogP) is 4.32. The first-order chi connectivity index (χ1) is 11.5. The Morgan fingerprint density at radius 2 is 1.79 bits per heavy atom. The van der Waals surface area contributed by atoms with Gasteiger partial charge in [-0.3, -0.25) is 4.79 Å². The van der Waals surface area contributed by atoms with Gasteiger partial charge in [-0.05, 0) is 36.4 Å². The van der Waals surface area contributed by atoms with Gasteiger partial charge in [0.15, 0.2) is 0 Å². The average molecular weight is 357 g/mol. The summed E-state index contributed by atoms with van der Waals surface area (Å²) in [6.07, 6.45) is 1.27. The zero-order valence-electron chi connectivity index (χ0n) is 12.2. The molecule has 2 aromatic rings. The summed E-state index contributed by atoms with van der Waals surface area (Å²) in [6.45, 7) is 0. The van der Waals surface area contributed by atoms with Crippen LogP contribution in [0.2, 0.25) is 10.0 Å². The molecule has 0 fully saturated rings. The molecule has 0 aliphatic heterocycles. The van der Waals surface area contributed by atoms with Crippen LogP contribution in [-0.2, 0) is 4.79 Å². The number of anilines is 2. The zero-order valence-corrected chi connectivity index (χ0v) is 13.7. The maximum absolute atomic E-state index is 12.1. The molecule has 5 nitrogen and oxygen atoms in total. The standard InChI is InChI=1S/C17H10Cl2N4O/c18-14-2-1-3-15(16(14)19)23-17(24)12(9-21)10-22-13-6-4-11(8-20)5-7-13/h1-7,10,22H,(H,23,24)/b12-10-. The number of rotatable bonds is 4. The van der Waals surface area contributed by atoms with Gasteiger partial charge in [0.05, 0.1) is 27.4 Å². The summed E-state index contributed by atoms with van der Waals surface area (Å²) >= 11 is 11.9. The van der Waals surface area contributed by atoms with E-state index in [9.17, 15) is 4.79 Å². The van der Waals surface area contributed by atoms with Gasteiger partial charge in [0.2, 0.25) is 0 Å². The molecule has 0 aromatic heterocycles. The predicted molar refractivity (Wildman–Crippen MR) is 93.6 cm³/mol. The minimum Gasteiger partial charge on any atom is -0.360 e. The number of halogens is 2. The summed E-state index contributed by atoms with van der Waals surface area (Å²) in [4.78, 5) is 12.1. The van der Waals surface area contributed by atoms with Gasteiger partial charge in [-0.1, -0.05) is 29.3 Å². The van der Waals surface area contributed by atoms with Gasteiger partial charge in [0.25, 0.3) is 5.91 Å². The van der Waals surface area contributed by atoms with Gasteiger partial charge in [-0.2, -0.15) is 10.5 Å². The Labute approximate surface area is 148 Å². The van der Waals surface area contributed by atoms with E-state index < -0.39 is 5.91 Å². The summed E-state index contributed by atoms with van der Waals surface area (Å²) < 4.78 is 0. The minimum absolute atomic E-state index is 0.143. The molecule has 0 atom stereocenters. The topological polar surface area (TPSA) is 88.7 Å². The second-order valence-electron chi connectivity index (χ2n) is 4.56. The van der Waals surface area contributed by atoms with Crippen molar-refractivity contribution in [3.8, 4) is 12.1 Å². The van der Waals surface area contributed by atoms with Gasteiger partial charge in [0.1, 0.15) is 11.6 Å². The van der Waals surface area contributed by atoms with E-state index in [1.54, 1.807) is 42.5 Å². The van der Waals surface area contributed by atoms with Crippen molar-refractivity contribution in [2.45, 2.75) is 0 Å². The van der Waals surface area contributed by atoms with Crippen molar-refractivity contribution in [2.24, 2.45) is 0 Å². The van der Waals surface area contributed by atoms with Crippen LogP contribution in [0.4, 0.5) is 11.4 Å². The van der Waals surface area contributed by atoms with Crippen LogP contribution in [0.25, 0.3) is 0 Å². The van der Waals surface area contributed by atoms with E-state index >= 15 is 0 Å². The third-order valence-corrected chi connectivity index (χ3v) is 3.78. The number of carbonyl (C=O) groups is 1. The Kier molecular flexibility index (Phi) is 5.81. The zero-order chi connectivity index (χ0) is 17.5. The highest BCUT2D eigenvalue weighted by atomic mass is 35.5. The Hall–Kier alpha value is -2.99. The molecule has 0 bridgehead atoms. The van der Waals surface area contributed by atoms with Crippen LogP contribution in [0.1, 0.15) is 5.56 Å². The normalized spacial score (nSPS) is 10.4. The highest BCUT2D eigenvalue weighted by Crippen LogP contribution is 2.29. The third-order valence-electron chi connectivity index (χ3n) is 2.96. The molecule has 0 saturated heterocycles. The van der Waals surface area contributed by atoms with Gasteiger partial charge >= 0.3 is 0 Å². The monoisotopic (exact) mass is 356 g/mol. The van der Waals surface area contributed by atoms with Crippen LogP contribution in [0.15, 0.2) is 54.2 Å². The van der Waals surface area contributed by atoms with Crippen LogP contribution in [-0.4, -0.2) is 5.91 Å². The first-order valence-corrected chi connectivity index (χ1v) is 7.43. The molecule has 118 valence electrons. The molecular formula is C17H10Cl2N4O. The van der Waals surface area contributed by atoms with Crippen molar-refractivity contribution in [2.75, 3.05) is 10.6 Å². The number of carbonyl (C=O) groups excluding carboxylic acids is 1. The van der Waals surface area contributed by atoms with E-state index in [2.05, 4.69) is 10.6 Å². The Bertz CT molecular complexity index is 877. The smallest absolute Gasteiger partial charge is 0.267 e. The van der Waals surface area contributed by atoms with Crippen molar-refractivity contribution in [1.29, 1.82) is 10.5 Å². The Balaban J connectivity index is 2.12. The maximum Gasteiger partial charge on any atom is 0.267 e. The van der Waals surface area contributed by atoms with E-state index in [1.165, 1.54) is 6.20 Å². The summed E-state index contributed by atoms with van der Waals surface area (Å²) in [5, 5.41) is 23.7. The number of nitrogens with zero attached hydrogens (tertiary/aromatic N) is 2. The molecule has 24 heavy (non-hydrogen) atoms. The summed E-state index contributed by atoms with van der Waals surface area (Å²) in [6, 6.07) is 15.2. The Morgan fingerprint density at radius 3 is 2.42 bits per heavy atom. The van der Waals surface area contributed by atoms with Crippen molar-refractivity contribution in [3.63, 3.8) is 0 Å². The first-order valence-electron chi connectivity index (χ1n) is 6.67. The van der Waals surface area contributed by atoms with E-state index in [0.717, 1.165) is 0 Å². The highest BCUT2D eigenvalue weighted by molar-refractivity contribution is 6.44. The molecule has 0 aliphatic rings. The summed E-state index contributed by atoms with van der Waals surface area (Å²) in [7, 11) is 0. The third kappa shape index (κ3) is 4.27. The van der Waals surface area contributed by atoms with Crippen LogP contribution in [0, 0.1) is 22.7 Å². The molecule has 2 N–H and O–H groups in total. The van der Waals surface area contributed by atoms with Crippen LogP contribution < -0.4 is 10.6 Å². The van der Waals surface area contributed by atoms with Crippen molar-refractivity contribution in [1.82, 2.24) is 0 Å². The minimum atomic E-state index is -0.622. The number of nitriles is 2. The molecule has 2 rings (SSSR count). The van der Waals surface area contributed by atoms with Crippen LogP contribution >= 0.6 is 23.2 Å². The van der Waals surface area contributed by atoms with Crippen LogP contribution in [0.5, 0.6) is 0 Å². The lowest BCUT2D eigenvalue weighted by Gasteiger charge is -2.08. The van der Waals surface area contributed by atoms with Gasteiger partial charge in [0, 0.05) is 11.9 Å². The van der Waals surface area contributed by atoms with Crippen molar-refractivity contribution >= 4 is 40.5 Å². The molecule has 1 amide bonds. The quantitative estimate of drug-likeness (QED) is 0.630. The fourth-order valence-corrected chi connectivity index (χ4v) is 2.08. The van der Waals surface area contributed by atoms with Gasteiger partial charge in [-0.25, -0.2) is 0 Å². The Morgan fingerprint density at radius 1 is 1.08 bits per heavy atom. The number of benzene rings is 2. The second-order valence-corrected chi connectivity index (χ2v) is 5.34. The highest BCUT2D eigenvalue weighted by Gasteiger charge is 2.12. The summed E-state index contributed by atoms with van der Waals surface area (Å²) in [5.41, 5.74) is 1.32. The fraction of sp³-hybridized carbons (Fsp3) is 0. The molecule has 0 unspecified atom stereocenters. The number of hydrogen-bond donors (Lipinski definition) is 2. The number of hydrogen-bond acceptors (Lipinski definition) is 4. The maximum atomic E-state index is 12.1. The largest absolute Gasteiger partial charge is 0.360 e. The fourth-order valence-electron chi connectivity index (χ4n) is 1.74. The van der Waals surface area contributed by atoms with Crippen molar-refractivity contribution < 1.29 is 4.79 Å². The molecular weight excluding hydrogens is 347 g/mol. The number of amides is 1. The van der Waals surface area contributed by atoms with Crippen molar-refractivity contribution in [3.05, 3.63) is 69.8 Å². The number of nitrogens with one attached hydrogen (secondary N) is 2. The van der Waals surface area contributed by atoms with Gasteiger partial charge in [-0.15, -0.1) is 0 Å². The molecule has 0 radical (unpaired) electrons. The molecule has 0 spiro atoms. The lowest BCUT2D eigenvalue weighted by molar-refractivity contribution is -0.112. The second kappa shape index (κ2) is 8.03. The molecule has 0 heterocycles. The van der Waals surface area contributed by atoms with E-state index in [0.29, 0.717) is 22.0 Å². The van der Waals surface area contributed by atoms with Crippen LogP contribution in [0.3, 0.4) is 0 Å². The summed E-state index contributed by atoms with van der Waals surface area (Å²) in [5.74, 6) is -0.622. The van der Waals surface area contributed by atoms with E-state index in [4.69, 9.17) is 33.7 Å². The van der Waals surface area contributed by atoms with E-state index in [1.807, 2.05) is 12.1 Å². The van der Waals surface area contributed by atoms with E-state index in [-0.39, 0.29) is 10.6 Å². The lowest BCUT2D eigenvalue weighted by Crippen LogP contribution is -2.14. The van der Waals surface area contributed by atoms with Gasteiger partial charge < -0.3 is 10.6 Å². The lowest BCUT2D eigenvalue weighted by atomic mass is 10.2. The molecule has 7 heteroatoms. The molecule has 0 aliphatic carbocycles. The molecule has 2 aromatic carbocycles. The molecule has 0 saturated carbocycles. The first kappa shape index (κ1) is 17.4.